The highest BCUT2D eigenvalue weighted by Crippen LogP contribution is 2.33. The van der Waals surface area contributed by atoms with Gasteiger partial charge in [0.15, 0.2) is 11.5 Å². The number of benzene rings is 3. The average molecular weight is 445 g/mol. The number of ether oxygens (including phenoxy) is 4. The Hall–Kier alpha value is -4.26. The number of rotatable bonds is 7. The second-order valence-corrected chi connectivity index (χ2v) is 7.37. The van der Waals surface area contributed by atoms with Crippen molar-refractivity contribution in [2.24, 2.45) is 0 Å². The van der Waals surface area contributed by atoms with Gasteiger partial charge in [0.25, 0.3) is 5.91 Å². The van der Waals surface area contributed by atoms with Crippen LogP contribution in [0.25, 0.3) is 6.08 Å². The van der Waals surface area contributed by atoms with Crippen LogP contribution in [0.2, 0.25) is 0 Å². The fourth-order valence-corrected chi connectivity index (χ4v) is 3.36. The maximum atomic E-state index is 13.1. The number of amides is 1. The molecule has 1 N–H and O–H groups in total. The smallest absolute Gasteiger partial charge is 0.331 e. The summed E-state index contributed by atoms with van der Waals surface area (Å²) in [6.45, 7) is 2.08. The van der Waals surface area contributed by atoms with Crippen molar-refractivity contribution in [3.05, 3.63) is 89.5 Å². The lowest BCUT2D eigenvalue weighted by Gasteiger charge is -2.18. The molecule has 4 rings (SSSR count). The minimum Gasteiger partial charge on any atom is -0.495 e. The van der Waals surface area contributed by atoms with Gasteiger partial charge in [-0.3, -0.25) is 4.79 Å². The Labute approximate surface area is 191 Å². The summed E-state index contributed by atoms with van der Waals surface area (Å²) in [6, 6.07) is 19.6. The first-order chi connectivity index (χ1) is 16.0. The molecule has 168 valence electrons. The van der Waals surface area contributed by atoms with E-state index in [1.165, 1.54) is 13.2 Å². The number of fused-ring (bicyclic) bond motifs is 1. The van der Waals surface area contributed by atoms with Crippen molar-refractivity contribution in [3.63, 3.8) is 0 Å². The summed E-state index contributed by atoms with van der Waals surface area (Å²) in [5.41, 5.74) is 2.73. The Kier molecular flexibility index (Phi) is 6.59. The lowest BCUT2D eigenvalue weighted by atomic mass is 10.1. The molecule has 33 heavy (non-hydrogen) atoms. The minimum absolute atomic E-state index is 0.171. The van der Waals surface area contributed by atoms with Gasteiger partial charge in [-0.1, -0.05) is 42.5 Å². The summed E-state index contributed by atoms with van der Waals surface area (Å²) < 4.78 is 21.5. The van der Waals surface area contributed by atoms with E-state index in [-0.39, 0.29) is 6.79 Å². The molecule has 3 aromatic carbocycles. The molecule has 1 unspecified atom stereocenters. The van der Waals surface area contributed by atoms with Gasteiger partial charge in [0.1, 0.15) is 5.75 Å². The molecule has 0 saturated heterocycles. The van der Waals surface area contributed by atoms with E-state index in [1.807, 2.05) is 19.1 Å². The van der Waals surface area contributed by atoms with Crippen LogP contribution in [0.1, 0.15) is 22.8 Å². The summed E-state index contributed by atoms with van der Waals surface area (Å²) in [5.74, 6) is 0.624. The Balaban J connectivity index is 1.52. The van der Waals surface area contributed by atoms with Crippen LogP contribution in [0, 0.1) is 6.92 Å². The molecule has 0 spiro atoms. The Morgan fingerprint density at radius 2 is 1.79 bits per heavy atom. The van der Waals surface area contributed by atoms with Crippen LogP contribution in [0.15, 0.2) is 72.8 Å². The molecular formula is C26H23NO6. The molecule has 7 heteroatoms. The highest BCUT2D eigenvalue weighted by atomic mass is 16.7. The fourth-order valence-electron chi connectivity index (χ4n) is 3.36. The highest BCUT2D eigenvalue weighted by Gasteiger charge is 2.25. The van der Waals surface area contributed by atoms with Gasteiger partial charge in [0.05, 0.1) is 12.8 Å². The number of methoxy groups -OCH3 is 1. The second kappa shape index (κ2) is 9.91. The van der Waals surface area contributed by atoms with Gasteiger partial charge in [-0.2, -0.15) is 0 Å². The van der Waals surface area contributed by atoms with E-state index in [9.17, 15) is 9.59 Å². The van der Waals surface area contributed by atoms with Gasteiger partial charge < -0.3 is 24.3 Å². The molecular weight excluding hydrogens is 422 g/mol. The van der Waals surface area contributed by atoms with Crippen LogP contribution in [-0.4, -0.2) is 25.8 Å². The molecule has 0 aromatic heterocycles. The number of anilines is 1. The summed E-state index contributed by atoms with van der Waals surface area (Å²) in [6.07, 6.45) is 1.72. The van der Waals surface area contributed by atoms with Gasteiger partial charge >= 0.3 is 5.97 Å². The Morgan fingerprint density at radius 3 is 2.58 bits per heavy atom. The zero-order valence-electron chi connectivity index (χ0n) is 18.2. The van der Waals surface area contributed by atoms with Crippen molar-refractivity contribution in [2.75, 3.05) is 19.2 Å². The SMILES string of the molecule is COc1ccc(C)cc1NC(=O)C(OC(=O)C=Cc1ccc2c(c1)OCO2)c1ccccc1. The van der Waals surface area contributed by atoms with Crippen LogP contribution >= 0.6 is 0 Å². The first kappa shape index (κ1) is 22.0. The van der Waals surface area contributed by atoms with E-state index >= 15 is 0 Å². The Bertz CT molecular complexity index is 1190. The van der Waals surface area contributed by atoms with Crippen LogP contribution in [0.3, 0.4) is 0 Å². The first-order valence-corrected chi connectivity index (χ1v) is 10.3. The van der Waals surface area contributed by atoms with Crippen molar-refractivity contribution >= 4 is 23.6 Å². The van der Waals surface area contributed by atoms with Gasteiger partial charge in [0, 0.05) is 11.6 Å². The van der Waals surface area contributed by atoms with Crippen molar-refractivity contribution in [1.82, 2.24) is 0 Å². The molecule has 0 saturated carbocycles. The lowest BCUT2D eigenvalue weighted by Crippen LogP contribution is -2.25. The van der Waals surface area contributed by atoms with Gasteiger partial charge in [-0.25, -0.2) is 4.79 Å². The van der Waals surface area contributed by atoms with Crippen molar-refractivity contribution in [2.45, 2.75) is 13.0 Å². The normalized spacial score (nSPS) is 12.9. The molecule has 1 heterocycles. The number of carbonyl (C=O) groups is 2. The third-order valence-electron chi connectivity index (χ3n) is 5.00. The highest BCUT2D eigenvalue weighted by molar-refractivity contribution is 5.98. The number of aryl methyl sites for hydroxylation is 1. The van der Waals surface area contributed by atoms with E-state index in [0.29, 0.717) is 28.5 Å². The topological polar surface area (TPSA) is 83.1 Å². The summed E-state index contributed by atoms with van der Waals surface area (Å²) >= 11 is 0. The number of carbonyl (C=O) groups excluding carboxylic acids is 2. The van der Waals surface area contributed by atoms with Crippen LogP contribution < -0.4 is 19.5 Å². The summed E-state index contributed by atoms with van der Waals surface area (Å²) in [7, 11) is 1.52. The summed E-state index contributed by atoms with van der Waals surface area (Å²) in [5, 5.41) is 2.81. The van der Waals surface area contributed by atoms with Crippen LogP contribution in [-0.2, 0) is 14.3 Å². The molecule has 3 aromatic rings. The molecule has 7 nitrogen and oxygen atoms in total. The van der Waals surface area contributed by atoms with Crippen molar-refractivity contribution in [1.29, 1.82) is 0 Å². The zero-order chi connectivity index (χ0) is 23.2. The number of esters is 1. The zero-order valence-corrected chi connectivity index (χ0v) is 18.2. The largest absolute Gasteiger partial charge is 0.495 e. The first-order valence-electron chi connectivity index (χ1n) is 10.3. The fraction of sp³-hybridized carbons (Fsp3) is 0.154. The maximum Gasteiger partial charge on any atom is 0.331 e. The standard InChI is InChI=1S/C26H23NO6/c1-17-8-11-21(30-2)20(14-17)27-26(29)25(19-6-4-3-5-7-19)33-24(28)13-10-18-9-12-22-23(15-18)32-16-31-22/h3-15,25H,16H2,1-2H3,(H,27,29). The quantitative estimate of drug-likeness (QED) is 0.420. The van der Waals surface area contributed by atoms with Crippen LogP contribution in [0.5, 0.6) is 17.2 Å². The third kappa shape index (κ3) is 5.33. The van der Waals surface area contributed by atoms with E-state index < -0.39 is 18.0 Å². The molecule has 0 fully saturated rings. The second-order valence-electron chi connectivity index (χ2n) is 7.37. The molecule has 0 radical (unpaired) electrons. The lowest BCUT2D eigenvalue weighted by molar-refractivity contribution is -0.149. The predicted molar refractivity (Wildman–Crippen MR) is 123 cm³/mol. The van der Waals surface area contributed by atoms with Gasteiger partial charge in [-0.05, 0) is 48.4 Å². The number of nitrogens with one attached hydrogen (secondary N) is 1. The predicted octanol–water partition coefficient (Wildman–Crippen LogP) is 4.67. The minimum atomic E-state index is -1.15. The van der Waals surface area contributed by atoms with E-state index in [1.54, 1.807) is 60.7 Å². The molecule has 1 atom stereocenters. The Morgan fingerprint density at radius 1 is 1.00 bits per heavy atom. The molecule has 0 aliphatic carbocycles. The average Bonchev–Trinajstić information content (AvgIpc) is 3.30. The maximum absolute atomic E-state index is 13.1. The van der Waals surface area contributed by atoms with Gasteiger partial charge in [0.2, 0.25) is 12.9 Å². The van der Waals surface area contributed by atoms with Crippen molar-refractivity contribution < 1.29 is 28.5 Å². The molecule has 0 bridgehead atoms. The van der Waals surface area contributed by atoms with E-state index in [0.717, 1.165) is 11.1 Å². The number of hydrogen-bond donors (Lipinski definition) is 1. The monoisotopic (exact) mass is 445 g/mol. The number of hydrogen-bond acceptors (Lipinski definition) is 6. The van der Waals surface area contributed by atoms with Gasteiger partial charge in [-0.15, -0.1) is 0 Å². The van der Waals surface area contributed by atoms with E-state index in [2.05, 4.69) is 5.32 Å². The van der Waals surface area contributed by atoms with Crippen LogP contribution in [0.4, 0.5) is 5.69 Å². The summed E-state index contributed by atoms with van der Waals surface area (Å²) in [4.78, 5) is 25.7. The molecule has 1 aliphatic heterocycles. The van der Waals surface area contributed by atoms with Crippen molar-refractivity contribution in [3.8, 4) is 17.2 Å². The van der Waals surface area contributed by atoms with E-state index in [4.69, 9.17) is 18.9 Å². The molecule has 1 amide bonds. The third-order valence-corrected chi connectivity index (χ3v) is 5.00. The molecule has 1 aliphatic rings.